The molecule has 2 aliphatic heterocycles. The van der Waals surface area contributed by atoms with Crippen molar-refractivity contribution in [1.82, 2.24) is 24.6 Å². The van der Waals surface area contributed by atoms with E-state index >= 15 is 0 Å². The Hall–Kier alpha value is -3.69. The lowest BCUT2D eigenvalue weighted by atomic mass is 9.93. The molecule has 1 unspecified atom stereocenters. The Morgan fingerprint density at radius 2 is 2.00 bits per heavy atom. The van der Waals surface area contributed by atoms with E-state index in [1.54, 1.807) is 4.68 Å². The van der Waals surface area contributed by atoms with Crippen molar-refractivity contribution in [1.29, 1.82) is 0 Å². The van der Waals surface area contributed by atoms with E-state index in [1.165, 1.54) is 6.07 Å². The van der Waals surface area contributed by atoms with Crippen LogP contribution in [0.3, 0.4) is 0 Å². The number of nitrogen functional groups attached to an aromatic ring is 1. The van der Waals surface area contributed by atoms with Crippen LogP contribution in [0.2, 0.25) is 0 Å². The van der Waals surface area contributed by atoms with E-state index in [0.29, 0.717) is 23.5 Å². The van der Waals surface area contributed by atoms with Gasteiger partial charge in [0, 0.05) is 68.8 Å². The number of piperazine rings is 1. The summed E-state index contributed by atoms with van der Waals surface area (Å²) < 4.78 is 29.8. The lowest BCUT2D eigenvalue weighted by molar-refractivity contribution is 0.281. The number of fused-ring (bicyclic) bond motifs is 3. The second-order valence-electron chi connectivity index (χ2n) is 9.36. The maximum atomic E-state index is 14.2. The van der Waals surface area contributed by atoms with Crippen molar-refractivity contribution in [2.75, 3.05) is 49.3 Å². The maximum absolute atomic E-state index is 14.2. The predicted octanol–water partition coefficient (Wildman–Crippen LogP) is 3.09. The number of hydrogen-bond donors (Lipinski definition) is 1. The topological polar surface area (TPSA) is 79.3 Å². The van der Waals surface area contributed by atoms with Crippen LogP contribution in [0, 0.1) is 18.6 Å². The first-order chi connectivity index (χ1) is 16.8. The molecule has 1 aromatic carbocycles. The van der Waals surface area contributed by atoms with Crippen LogP contribution in [0.15, 0.2) is 36.7 Å². The number of aromatic nitrogens is 4. The summed E-state index contributed by atoms with van der Waals surface area (Å²) in [4.78, 5) is 14.9. The van der Waals surface area contributed by atoms with Crippen LogP contribution in [0.25, 0.3) is 5.82 Å². The van der Waals surface area contributed by atoms with Gasteiger partial charge in [-0.15, -0.1) is 0 Å². The van der Waals surface area contributed by atoms with Gasteiger partial charge in [-0.2, -0.15) is 15.1 Å². The minimum Gasteiger partial charge on any atom is -0.374 e. The molecule has 184 valence electrons. The molecule has 5 rings (SSSR count). The molecule has 0 amide bonds. The van der Waals surface area contributed by atoms with Gasteiger partial charge >= 0.3 is 0 Å². The van der Waals surface area contributed by atoms with E-state index in [9.17, 15) is 8.78 Å². The van der Waals surface area contributed by atoms with Crippen LogP contribution in [0.4, 0.5) is 26.2 Å². The highest BCUT2D eigenvalue weighted by atomic mass is 19.1. The largest absolute Gasteiger partial charge is 0.374 e. The van der Waals surface area contributed by atoms with Gasteiger partial charge in [0.05, 0.1) is 6.20 Å². The molecule has 2 aliphatic rings. The monoisotopic (exact) mass is 480 g/mol. The Labute approximate surface area is 203 Å². The highest BCUT2D eigenvalue weighted by Gasteiger charge is 2.32. The summed E-state index contributed by atoms with van der Waals surface area (Å²) in [7, 11) is 3.81. The standard InChI is InChI=1S/C25H30F2N8/c1-16-17(14-29-35(16)24-13-23(32(2)3)30-25(28)31-24)5-4-8-33-9-10-34-19(15-33)6-7-20-21(27)11-18(26)12-22(20)34/h4,8,11-14,19H,5-7,9-10,15H2,1-3H3,(H2,28,30,31). The average molecular weight is 481 g/mol. The zero-order valence-corrected chi connectivity index (χ0v) is 20.2. The SMILES string of the molecule is Cc1c(CC=CN2CCN3c4cc(F)cc(F)c4CCC3C2)cnn1-c1cc(N(C)C)nc(N)n1. The van der Waals surface area contributed by atoms with Crippen molar-refractivity contribution in [3.8, 4) is 5.82 Å². The molecule has 2 aromatic heterocycles. The van der Waals surface area contributed by atoms with E-state index in [-0.39, 0.29) is 12.0 Å². The first kappa shape index (κ1) is 23.1. The van der Waals surface area contributed by atoms with Crippen molar-refractivity contribution < 1.29 is 8.78 Å². The van der Waals surface area contributed by atoms with E-state index < -0.39 is 11.6 Å². The van der Waals surface area contributed by atoms with Gasteiger partial charge in [0.1, 0.15) is 17.5 Å². The van der Waals surface area contributed by atoms with Crippen LogP contribution in [-0.4, -0.2) is 64.4 Å². The fourth-order valence-electron chi connectivity index (χ4n) is 4.96. The number of anilines is 3. The average Bonchev–Trinajstić information content (AvgIpc) is 3.18. The number of nitrogens with zero attached hydrogens (tertiary/aromatic N) is 7. The summed E-state index contributed by atoms with van der Waals surface area (Å²) >= 11 is 0. The van der Waals surface area contributed by atoms with Crippen molar-refractivity contribution >= 4 is 17.5 Å². The Kier molecular flexibility index (Phi) is 6.04. The van der Waals surface area contributed by atoms with Crippen molar-refractivity contribution in [2.45, 2.75) is 32.2 Å². The van der Waals surface area contributed by atoms with Gasteiger partial charge in [0.25, 0.3) is 0 Å². The number of allylic oxidation sites excluding steroid dienone is 1. The molecule has 35 heavy (non-hydrogen) atoms. The van der Waals surface area contributed by atoms with Gasteiger partial charge in [-0.25, -0.2) is 13.5 Å². The zero-order valence-electron chi connectivity index (χ0n) is 20.2. The van der Waals surface area contributed by atoms with Crippen LogP contribution in [-0.2, 0) is 12.8 Å². The normalized spacial score (nSPS) is 17.6. The molecule has 0 saturated carbocycles. The molecule has 0 radical (unpaired) electrons. The Morgan fingerprint density at radius 3 is 2.80 bits per heavy atom. The summed E-state index contributed by atoms with van der Waals surface area (Å²) in [6.07, 6.45) is 8.36. The second-order valence-corrected chi connectivity index (χ2v) is 9.36. The Bertz CT molecular complexity index is 1270. The molecule has 2 N–H and O–H groups in total. The smallest absolute Gasteiger partial charge is 0.224 e. The summed E-state index contributed by atoms with van der Waals surface area (Å²) in [5.74, 6) is 0.619. The number of rotatable bonds is 5. The van der Waals surface area contributed by atoms with Crippen LogP contribution < -0.4 is 15.5 Å². The van der Waals surface area contributed by atoms with E-state index in [2.05, 4.69) is 37.1 Å². The third kappa shape index (κ3) is 4.52. The third-order valence-corrected chi connectivity index (χ3v) is 6.84. The third-order valence-electron chi connectivity index (χ3n) is 6.84. The number of hydrogen-bond acceptors (Lipinski definition) is 7. The molecular weight excluding hydrogens is 450 g/mol. The van der Waals surface area contributed by atoms with Crippen molar-refractivity contribution in [3.63, 3.8) is 0 Å². The molecule has 1 fully saturated rings. The van der Waals surface area contributed by atoms with Crippen LogP contribution in [0.1, 0.15) is 23.2 Å². The lowest BCUT2D eigenvalue weighted by Crippen LogP contribution is -2.53. The zero-order chi connectivity index (χ0) is 24.7. The summed E-state index contributed by atoms with van der Waals surface area (Å²) in [5.41, 5.74) is 9.35. The summed E-state index contributed by atoms with van der Waals surface area (Å²) in [5, 5.41) is 4.52. The summed E-state index contributed by atoms with van der Waals surface area (Å²) in [6.45, 7) is 4.39. The molecule has 3 aromatic rings. The van der Waals surface area contributed by atoms with E-state index in [4.69, 9.17) is 5.73 Å². The Morgan fingerprint density at radius 1 is 1.17 bits per heavy atom. The molecule has 0 bridgehead atoms. The highest BCUT2D eigenvalue weighted by molar-refractivity contribution is 5.58. The number of benzene rings is 1. The first-order valence-corrected chi connectivity index (χ1v) is 11.8. The molecule has 4 heterocycles. The van der Waals surface area contributed by atoms with E-state index in [1.807, 2.05) is 38.2 Å². The highest BCUT2D eigenvalue weighted by Crippen LogP contribution is 2.35. The fourth-order valence-corrected chi connectivity index (χ4v) is 4.96. The number of nitrogens with two attached hydrogens (primary N) is 1. The molecular formula is C25H30F2N8. The second kappa shape index (κ2) is 9.16. The molecule has 0 spiro atoms. The molecule has 10 heteroatoms. The van der Waals surface area contributed by atoms with Gasteiger partial charge in [0.2, 0.25) is 5.95 Å². The predicted molar refractivity (Wildman–Crippen MR) is 133 cm³/mol. The van der Waals surface area contributed by atoms with Crippen molar-refractivity contribution in [3.05, 3.63) is 65.1 Å². The van der Waals surface area contributed by atoms with Gasteiger partial charge in [-0.3, -0.25) is 0 Å². The van der Waals surface area contributed by atoms with Gasteiger partial charge in [-0.1, -0.05) is 6.08 Å². The minimum atomic E-state index is -0.511. The van der Waals surface area contributed by atoms with Gasteiger partial charge in [-0.05, 0) is 44.0 Å². The molecule has 0 aliphatic carbocycles. The molecule has 8 nitrogen and oxygen atoms in total. The number of halogens is 2. The molecule has 1 saturated heterocycles. The van der Waals surface area contributed by atoms with Gasteiger partial charge < -0.3 is 20.4 Å². The molecule has 1 atom stereocenters. The summed E-state index contributed by atoms with van der Waals surface area (Å²) in [6, 6.07) is 4.57. The quantitative estimate of drug-likeness (QED) is 0.601. The maximum Gasteiger partial charge on any atom is 0.224 e. The first-order valence-electron chi connectivity index (χ1n) is 11.8. The Balaban J connectivity index is 1.25. The van der Waals surface area contributed by atoms with Crippen LogP contribution >= 0.6 is 0 Å². The van der Waals surface area contributed by atoms with Crippen LogP contribution in [0.5, 0.6) is 0 Å². The fraction of sp³-hybridized carbons (Fsp3) is 0.400. The lowest BCUT2D eigenvalue weighted by Gasteiger charge is -2.46. The van der Waals surface area contributed by atoms with Gasteiger partial charge in [0.15, 0.2) is 5.82 Å². The minimum absolute atomic E-state index is 0.206. The van der Waals surface area contributed by atoms with E-state index in [0.717, 1.165) is 55.6 Å². The van der Waals surface area contributed by atoms with Crippen molar-refractivity contribution in [2.24, 2.45) is 0 Å².